The van der Waals surface area contributed by atoms with Crippen LogP contribution in [0.3, 0.4) is 0 Å². The van der Waals surface area contributed by atoms with Crippen molar-refractivity contribution in [2.45, 2.75) is 0 Å². The fourth-order valence-electron chi connectivity index (χ4n) is 2.22. The first-order valence-corrected chi connectivity index (χ1v) is 7.97. The average Bonchev–Trinajstić information content (AvgIpc) is 3.11. The first-order chi connectivity index (χ1) is 12.5. The van der Waals surface area contributed by atoms with Gasteiger partial charge in [0.15, 0.2) is 0 Å². The van der Waals surface area contributed by atoms with E-state index in [0.29, 0.717) is 22.2 Å². The maximum atomic E-state index is 12.9. The Kier molecular flexibility index (Phi) is 5.16. The van der Waals surface area contributed by atoms with Crippen LogP contribution in [0, 0.1) is 17.1 Å². The van der Waals surface area contributed by atoms with Crippen LogP contribution in [0.5, 0.6) is 0 Å². The minimum absolute atomic E-state index is 0.133. The summed E-state index contributed by atoms with van der Waals surface area (Å²) in [6.07, 6.45) is 1.35. The zero-order chi connectivity index (χ0) is 18.5. The first-order valence-electron chi connectivity index (χ1n) is 7.59. The summed E-state index contributed by atoms with van der Waals surface area (Å²) in [5.41, 5.74) is 1.08. The van der Waals surface area contributed by atoms with Crippen LogP contribution < -0.4 is 5.32 Å². The summed E-state index contributed by atoms with van der Waals surface area (Å²) >= 11 is 5.86. The third kappa shape index (κ3) is 4.18. The molecular weight excluding hydrogens is 355 g/mol. The molecule has 2 aromatic carbocycles. The number of rotatable bonds is 4. The minimum Gasteiger partial charge on any atom is -0.457 e. The monoisotopic (exact) mass is 366 g/mol. The Labute approximate surface area is 154 Å². The number of nitrogens with zero attached hydrogens (tertiary/aromatic N) is 1. The summed E-state index contributed by atoms with van der Waals surface area (Å²) in [6.45, 7) is 0. The molecule has 3 rings (SSSR count). The lowest BCUT2D eigenvalue weighted by Crippen LogP contribution is -2.13. The number of hydrogen-bond donors (Lipinski definition) is 1. The number of hydrogen-bond acceptors (Lipinski definition) is 3. The molecule has 0 atom stereocenters. The predicted octanol–water partition coefficient (Wildman–Crippen LogP) is 5.28. The Morgan fingerprint density at radius 1 is 1.08 bits per heavy atom. The molecule has 0 aliphatic heterocycles. The van der Waals surface area contributed by atoms with Gasteiger partial charge in [-0.1, -0.05) is 11.6 Å². The number of anilines is 1. The number of amides is 1. The van der Waals surface area contributed by atoms with Gasteiger partial charge >= 0.3 is 0 Å². The molecule has 3 aromatic rings. The van der Waals surface area contributed by atoms with E-state index in [4.69, 9.17) is 16.0 Å². The first kappa shape index (κ1) is 17.5. The molecule has 0 unspecified atom stereocenters. The second kappa shape index (κ2) is 7.68. The molecule has 26 heavy (non-hydrogen) atoms. The van der Waals surface area contributed by atoms with Gasteiger partial charge in [-0.25, -0.2) is 4.39 Å². The van der Waals surface area contributed by atoms with Crippen molar-refractivity contribution in [3.8, 4) is 17.4 Å². The van der Waals surface area contributed by atoms with Gasteiger partial charge in [0.25, 0.3) is 5.91 Å². The van der Waals surface area contributed by atoms with Crippen molar-refractivity contribution in [1.82, 2.24) is 0 Å². The van der Waals surface area contributed by atoms with E-state index in [1.54, 1.807) is 36.4 Å². The standard InChI is InChI=1S/C20H12ClFN2O2/c21-15-3-1-13(2-4-15)19-10-9-18(26-19)11-14(12-23)20(25)24-17-7-5-16(22)6-8-17/h1-11H,(H,24,25)/b14-11-. The largest absolute Gasteiger partial charge is 0.457 e. The smallest absolute Gasteiger partial charge is 0.266 e. The zero-order valence-electron chi connectivity index (χ0n) is 13.4. The highest BCUT2D eigenvalue weighted by molar-refractivity contribution is 6.30. The van der Waals surface area contributed by atoms with E-state index in [0.717, 1.165) is 5.56 Å². The number of furan rings is 1. The van der Waals surface area contributed by atoms with Crippen molar-refractivity contribution in [1.29, 1.82) is 5.26 Å². The van der Waals surface area contributed by atoms with Crippen LogP contribution in [-0.2, 0) is 4.79 Å². The average molecular weight is 367 g/mol. The molecule has 1 N–H and O–H groups in total. The van der Waals surface area contributed by atoms with E-state index in [2.05, 4.69) is 5.32 Å². The van der Waals surface area contributed by atoms with Crippen LogP contribution in [0.2, 0.25) is 5.02 Å². The van der Waals surface area contributed by atoms with E-state index in [9.17, 15) is 14.4 Å². The number of carbonyl (C=O) groups excluding carboxylic acids is 1. The second-order valence-corrected chi connectivity index (χ2v) is 5.78. The van der Waals surface area contributed by atoms with Crippen molar-refractivity contribution >= 4 is 29.3 Å². The number of carbonyl (C=O) groups is 1. The Hall–Kier alpha value is -3.36. The fraction of sp³-hybridized carbons (Fsp3) is 0. The molecule has 0 spiro atoms. The van der Waals surface area contributed by atoms with Crippen LogP contribution >= 0.6 is 11.6 Å². The Bertz CT molecular complexity index is 1000. The van der Waals surface area contributed by atoms with Crippen LogP contribution in [0.1, 0.15) is 5.76 Å². The maximum absolute atomic E-state index is 12.9. The lowest BCUT2D eigenvalue weighted by molar-refractivity contribution is -0.112. The van der Waals surface area contributed by atoms with Crippen molar-refractivity contribution < 1.29 is 13.6 Å². The van der Waals surface area contributed by atoms with Gasteiger partial charge in [-0.3, -0.25) is 4.79 Å². The van der Waals surface area contributed by atoms with Crippen molar-refractivity contribution in [2.75, 3.05) is 5.32 Å². The van der Waals surface area contributed by atoms with Crippen molar-refractivity contribution in [2.24, 2.45) is 0 Å². The molecule has 1 heterocycles. The van der Waals surface area contributed by atoms with Gasteiger partial charge in [0.05, 0.1) is 0 Å². The molecular formula is C20H12ClFN2O2. The van der Waals surface area contributed by atoms with Crippen molar-refractivity contribution in [3.05, 3.63) is 82.8 Å². The molecule has 0 bridgehead atoms. The molecule has 0 saturated carbocycles. The van der Waals surface area contributed by atoms with Crippen LogP contribution in [0.25, 0.3) is 17.4 Å². The molecule has 128 valence electrons. The third-order valence-corrected chi connectivity index (χ3v) is 3.76. The molecule has 1 aromatic heterocycles. The van der Waals surface area contributed by atoms with Gasteiger partial charge in [-0.2, -0.15) is 5.26 Å². The number of benzene rings is 2. The molecule has 6 heteroatoms. The zero-order valence-corrected chi connectivity index (χ0v) is 14.1. The molecule has 0 fully saturated rings. The summed E-state index contributed by atoms with van der Waals surface area (Å²) in [7, 11) is 0. The van der Waals surface area contributed by atoms with E-state index in [-0.39, 0.29) is 5.57 Å². The van der Waals surface area contributed by atoms with Crippen LogP contribution in [0.4, 0.5) is 10.1 Å². The molecule has 0 radical (unpaired) electrons. The molecule has 4 nitrogen and oxygen atoms in total. The lowest BCUT2D eigenvalue weighted by atomic mass is 10.2. The topological polar surface area (TPSA) is 66.0 Å². The summed E-state index contributed by atoms with van der Waals surface area (Å²) < 4.78 is 18.6. The maximum Gasteiger partial charge on any atom is 0.266 e. The second-order valence-electron chi connectivity index (χ2n) is 5.34. The highest BCUT2D eigenvalue weighted by Crippen LogP contribution is 2.25. The van der Waals surface area contributed by atoms with E-state index < -0.39 is 11.7 Å². The summed E-state index contributed by atoms with van der Waals surface area (Å²) in [5.74, 6) is -0.0715. The highest BCUT2D eigenvalue weighted by Gasteiger charge is 2.11. The van der Waals surface area contributed by atoms with E-state index >= 15 is 0 Å². The predicted molar refractivity (Wildman–Crippen MR) is 97.8 cm³/mol. The SMILES string of the molecule is N#C/C(=C/c1ccc(-c2ccc(Cl)cc2)o1)C(=O)Nc1ccc(F)cc1. The fourth-order valence-corrected chi connectivity index (χ4v) is 2.35. The van der Waals surface area contributed by atoms with Gasteiger partial charge in [0, 0.05) is 22.3 Å². The van der Waals surface area contributed by atoms with E-state index in [1.165, 1.54) is 30.3 Å². The summed E-state index contributed by atoms with van der Waals surface area (Å²) in [6, 6.07) is 17.6. The van der Waals surface area contributed by atoms with Crippen LogP contribution in [-0.4, -0.2) is 5.91 Å². The quantitative estimate of drug-likeness (QED) is 0.504. The Balaban J connectivity index is 1.78. The molecule has 0 aliphatic rings. The normalized spacial score (nSPS) is 11.0. The van der Waals surface area contributed by atoms with Gasteiger partial charge in [-0.15, -0.1) is 0 Å². The Morgan fingerprint density at radius 2 is 1.77 bits per heavy atom. The number of nitriles is 1. The van der Waals surface area contributed by atoms with Gasteiger partial charge in [-0.05, 0) is 60.7 Å². The molecule has 0 aliphatic carbocycles. The Morgan fingerprint density at radius 3 is 2.42 bits per heavy atom. The third-order valence-electron chi connectivity index (χ3n) is 3.51. The van der Waals surface area contributed by atoms with Gasteiger partial charge in [0.1, 0.15) is 29.0 Å². The van der Waals surface area contributed by atoms with Gasteiger partial charge in [0.2, 0.25) is 0 Å². The minimum atomic E-state index is -0.608. The lowest BCUT2D eigenvalue weighted by Gasteiger charge is -2.03. The summed E-state index contributed by atoms with van der Waals surface area (Å²) in [4.78, 5) is 12.2. The van der Waals surface area contributed by atoms with Crippen LogP contribution in [0.15, 0.2) is 70.7 Å². The number of halogens is 2. The summed E-state index contributed by atoms with van der Waals surface area (Å²) in [5, 5.41) is 12.4. The van der Waals surface area contributed by atoms with E-state index in [1.807, 2.05) is 6.07 Å². The van der Waals surface area contributed by atoms with Gasteiger partial charge < -0.3 is 9.73 Å². The molecule has 0 saturated heterocycles. The number of nitrogens with one attached hydrogen (secondary N) is 1. The van der Waals surface area contributed by atoms with Crippen molar-refractivity contribution in [3.63, 3.8) is 0 Å². The molecule has 1 amide bonds. The highest BCUT2D eigenvalue weighted by atomic mass is 35.5.